The molecule has 1 aliphatic carbocycles. The number of aromatic nitrogens is 1. The molecule has 1 fully saturated rings. The Bertz CT molecular complexity index is 510. The lowest BCUT2D eigenvalue weighted by Crippen LogP contribution is -2.38. The second kappa shape index (κ2) is 13.2. The molecule has 1 saturated carbocycles. The van der Waals surface area contributed by atoms with Crippen LogP contribution in [-0.4, -0.2) is 43.9 Å². The summed E-state index contributed by atoms with van der Waals surface area (Å²) in [6.07, 6.45) is 5.32. The molecular weight excluding hydrogens is 431 g/mol. The van der Waals surface area contributed by atoms with Gasteiger partial charge < -0.3 is 20.1 Å². The van der Waals surface area contributed by atoms with Crippen molar-refractivity contribution in [1.29, 1.82) is 0 Å². The van der Waals surface area contributed by atoms with Crippen LogP contribution in [0.25, 0.3) is 0 Å². The highest BCUT2D eigenvalue weighted by molar-refractivity contribution is 14.0. The first-order chi connectivity index (χ1) is 11.8. The van der Waals surface area contributed by atoms with Gasteiger partial charge in [-0.1, -0.05) is 0 Å². The quantitative estimate of drug-likeness (QED) is 0.229. The summed E-state index contributed by atoms with van der Waals surface area (Å²) in [7, 11) is 0. The second-order valence-electron chi connectivity index (χ2n) is 5.93. The van der Waals surface area contributed by atoms with Crippen LogP contribution in [0.2, 0.25) is 0 Å². The van der Waals surface area contributed by atoms with Crippen LogP contribution in [0.4, 0.5) is 0 Å². The Balaban J connectivity index is 0.00000312. The highest BCUT2D eigenvalue weighted by atomic mass is 127. The predicted molar refractivity (Wildman–Crippen MR) is 112 cm³/mol. The van der Waals surface area contributed by atoms with Crippen molar-refractivity contribution in [2.24, 2.45) is 10.9 Å². The molecule has 1 aliphatic rings. The van der Waals surface area contributed by atoms with Crippen LogP contribution in [0.15, 0.2) is 23.3 Å². The molecule has 0 aliphatic heterocycles. The topological polar surface area (TPSA) is 67.8 Å². The molecule has 1 aromatic rings. The van der Waals surface area contributed by atoms with Crippen molar-refractivity contribution in [3.8, 4) is 5.88 Å². The standard InChI is InChI=1S/C18H30N4O2.HI/c1-3-19-18(21-9-5-11-23-4-2)22-13-16-8-10-20-17(12-16)24-14-15-6-7-15;/h8,10,12,15H,3-7,9,11,13-14H2,1-2H3,(H2,19,21,22);1H. The predicted octanol–water partition coefficient (Wildman–Crippen LogP) is 2.97. The molecule has 6 nitrogen and oxygen atoms in total. The van der Waals surface area contributed by atoms with E-state index in [1.807, 2.05) is 19.1 Å². The summed E-state index contributed by atoms with van der Waals surface area (Å²) in [6.45, 7) is 8.68. The molecule has 0 aromatic carbocycles. The van der Waals surface area contributed by atoms with E-state index in [2.05, 4.69) is 27.5 Å². The molecule has 0 unspecified atom stereocenters. The van der Waals surface area contributed by atoms with E-state index in [1.54, 1.807) is 6.20 Å². The van der Waals surface area contributed by atoms with E-state index in [0.29, 0.717) is 12.4 Å². The Kier molecular flexibility index (Phi) is 11.6. The zero-order chi connectivity index (χ0) is 17.0. The van der Waals surface area contributed by atoms with E-state index in [4.69, 9.17) is 9.47 Å². The van der Waals surface area contributed by atoms with Gasteiger partial charge in [0, 0.05) is 38.6 Å². The minimum absolute atomic E-state index is 0. The molecule has 25 heavy (non-hydrogen) atoms. The van der Waals surface area contributed by atoms with Crippen LogP contribution < -0.4 is 15.4 Å². The summed E-state index contributed by atoms with van der Waals surface area (Å²) in [5.74, 6) is 2.25. The van der Waals surface area contributed by atoms with Gasteiger partial charge >= 0.3 is 0 Å². The third kappa shape index (κ3) is 9.84. The molecule has 0 spiro atoms. The maximum atomic E-state index is 5.72. The minimum Gasteiger partial charge on any atom is -0.477 e. The van der Waals surface area contributed by atoms with Gasteiger partial charge in [0.15, 0.2) is 5.96 Å². The number of ether oxygens (including phenoxy) is 2. The van der Waals surface area contributed by atoms with E-state index < -0.39 is 0 Å². The highest BCUT2D eigenvalue weighted by Crippen LogP contribution is 2.29. The van der Waals surface area contributed by atoms with Crippen molar-refractivity contribution in [2.75, 3.05) is 32.9 Å². The van der Waals surface area contributed by atoms with Crippen molar-refractivity contribution < 1.29 is 9.47 Å². The molecule has 0 radical (unpaired) electrons. The number of nitrogens with zero attached hydrogens (tertiary/aromatic N) is 2. The van der Waals surface area contributed by atoms with Gasteiger partial charge in [-0.2, -0.15) is 0 Å². The van der Waals surface area contributed by atoms with Crippen LogP contribution >= 0.6 is 24.0 Å². The van der Waals surface area contributed by atoms with Gasteiger partial charge in [-0.25, -0.2) is 9.98 Å². The van der Waals surface area contributed by atoms with E-state index in [0.717, 1.165) is 56.8 Å². The molecule has 0 saturated heterocycles. The number of hydrogen-bond donors (Lipinski definition) is 2. The SMILES string of the molecule is CCNC(=NCc1ccnc(OCC2CC2)c1)NCCCOCC.I. The molecular formula is C18H31IN4O2. The molecule has 1 heterocycles. The molecule has 2 N–H and O–H groups in total. The fourth-order valence-electron chi connectivity index (χ4n) is 2.15. The smallest absolute Gasteiger partial charge is 0.213 e. The summed E-state index contributed by atoms with van der Waals surface area (Å²) >= 11 is 0. The normalized spacial score (nSPS) is 13.9. The first-order valence-electron chi connectivity index (χ1n) is 8.99. The fraction of sp³-hybridized carbons (Fsp3) is 0.667. The first-order valence-corrected chi connectivity index (χ1v) is 8.99. The fourth-order valence-corrected chi connectivity index (χ4v) is 2.15. The highest BCUT2D eigenvalue weighted by Gasteiger charge is 2.22. The molecule has 0 amide bonds. The third-order valence-electron chi connectivity index (χ3n) is 3.69. The van der Waals surface area contributed by atoms with E-state index in [1.165, 1.54) is 12.8 Å². The van der Waals surface area contributed by atoms with Crippen LogP contribution in [0.3, 0.4) is 0 Å². The van der Waals surface area contributed by atoms with Gasteiger partial charge in [0.1, 0.15) is 0 Å². The number of nitrogens with one attached hydrogen (secondary N) is 2. The zero-order valence-corrected chi connectivity index (χ0v) is 17.6. The second-order valence-corrected chi connectivity index (χ2v) is 5.93. The Hall–Kier alpha value is -1.09. The molecule has 7 heteroatoms. The Morgan fingerprint density at radius 2 is 2.16 bits per heavy atom. The van der Waals surface area contributed by atoms with Crippen molar-refractivity contribution in [3.63, 3.8) is 0 Å². The molecule has 0 bridgehead atoms. The Morgan fingerprint density at radius 1 is 1.32 bits per heavy atom. The van der Waals surface area contributed by atoms with Crippen LogP contribution in [0.1, 0.15) is 38.7 Å². The monoisotopic (exact) mass is 462 g/mol. The van der Waals surface area contributed by atoms with Crippen molar-refractivity contribution in [1.82, 2.24) is 15.6 Å². The largest absolute Gasteiger partial charge is 0.477 e. The van der Waals surface area contributed by atoms with Gasteiger partial charge in [-0.3, -0.25) is 0 Å². The summed E-state index contributed by atoms with van der Waals surface area (Å²) in [6, 6.07) is 3.96. The third-order valence-corrected chi connectivity index (χ3v) is 3.69. The molecule has 1 aromatic heterocycles. The molecule has 0 atom stereocenters. The van der Waals surface area contributed by atoms with E-state index in [9.17, 15) is 0 Å². The van der Waals surface area contributed by atoms with Crippen LogP contribution in [0.5, 0.6) is 5.88 Å². The zero-order valence-electron chi connectivity index (χ0n) is 15.3. The number of aliphatic imine (C=N–C) groups is 1. The van der Waals surface area contributed by atoms with Gasteiger partial charge in [-0.15, -0.1) is 24.0 Å². The van der Waals surface area contributed by atoms with Crippen LogP contribution in [-0.2, 0) is 11.3 Å². The van der Waals surface area contributed by atoms with Crippen molar-refractivity contribution >= 4 is 29.9 Å². The summed E-state index contributed by atoms with van der Waals surface area (Å²) in [4.78, 5) is 8.89. The lowest BCUT2D eigenvalue weighted by atomic mass is 10.3. The van der Waals surface area contributed by atoms with Crippen molar-refractivity contribution in [3.05, 3.63) is 23.9 Å². The van der Waals surface area contributed by atoms with E-state index in [-0.39, 0.29) is 24.0 Å². The number of pyridine rings is 1. The first kappa shape index (κ1) is 22.0. The van der Waals surface area contributed by atoms with Crippen LogP contribution in [0, 0.1) is 5.92 Å². The number of rotatable bonds is 11. The van der Waals surface area contributed by atoms with Crippen molar-refractivity contribution in [2.45, 2.75) is 39.7 Å². The summed E-state index contributed by atoms with van der Waals surface area (Å²) in [5.41, 5.74) is 1.10. The Morgan fingerprint density at radius 3 is 2.88 bits per heavy atom. The Labute approximate surface area is 168 Å². The average Bonchev–Trinajstić information content (AvgIpc) is 3.42. The maximum absolute atomic E-state index is 5.72. The maximum Gasteiger partial charge on any atom is 0.213 e. The lowest BCUT2D eigenvalue weighted by molar-refractivity contribution is 0.145. The molecule has 142 valence electrons. The number of hydrogen-bond acceptors (Lipinski definition) is 4. The number of halogens is 1. The van der Waals surface area contributed by atoms with Gasteiger partial charge in [0.2, 0.25) is 5.88 Å². The van der Waals surface area contributed by atoms with Gasteiger partial charge in [0.05, 0.1) is 13.2 Å². The van der Waals surface area contributed by atoms with Gasteiger partial charge in [0.25, 0.3) is 0 Å². The summed E-state index contributed by atoms with van der Waals surface area (Å²) in [5, 5.41) is 6.58. The van der Waals surface area contributed by atoms with Gasteiger partial charge in [-0.05, 0) is 50.7 Å². The molecule has 2 rings (SSSR count). The van der Waals surface area contributed by atoms with E-state index >= 15 is 0 Å². The average molecular weight is 462 g/mol. The minimum atomic E-state index is 0. The summed E-state index contributed by atoms with van der Waals surface area (Å²) < 4.78 is 11.1. The lowest BCUT2D eigenvalue weighted by Gasteiger charge is -2.11. The number of guanidine groups is 1.